The average Bonchev–Trinajstić information content (AvgIpc) is 4.04. The maximum Gasteiger partial charge on any atom is 0.352 e. The first-order valence-electron chi connectivity index (χ1n) is 21.3. The first kappa shape index (κ1) is 48.2. The van der Waals surface area contributed by atoms with Gasteiger partial charge in [0.15, 0.2) is 0 Å². The van der Waals surface area contributed by atoms with Gasteiger partial charge < -0.3 is 35.6 Å². The molecule has 0 atom stereocenters. The normalized spacial score (nSPS) is 11.1. The number of amides is 1. The maximum absolute atomic E-state index is 12.2. The second-order valence-corrected chi connectivity index (χ2v) is 18.4. The number of nitrogens with zero attached hydrogens (tertiary/aromatic N) is 2. The van der Waals surface area contributed by atoms with Crippen molar-refractivity contribution in [1.82, 2.24) is 19.3 Å². The van der Waals surface area contributed by atoms with E-state index in [1.165, 1.54) is 33.2 Å². The number of nitrogens with one attached hydrogen (secondary N) is 4. The molecule has 0 aliphatic heterocycles. The monoisotopic (exact) mass is 942 g/mol. The summed E-state index contributed by atoms with van der Waals surface area (Å²) in [4.78, 5) is 55.0. The summed E-state index contributed by atoms with van der Waals surface area (Å²) in [5, 5.41) is 43.0. The van der Waals surface area contributed by atoms with Crippen LogP contribution in [-0.2, 0) is 14.8 Å². The minimum absolute atomic E-state index is 0.0903. The molecule has 3 aromatic heterocycles. The highest BCUT2D eigenvalue weighted by atomic mass is 32.2. The van der Waals surface area contributed by atoms with Crippen molar-refractivity contribution in [2.75, 3.05) is 19.4 Å². The number of benzene rings is 6. The summed E-state index contributed by atoms with van der Waals surface area (Å²) < 4.78 is 25.5. The summed E-state index contributed by atoms with van der Waals surface area (Å²) >= 11 is 0. The maximum atomic E-state index is 12.2. The van der Waals surface area contributed by atoms with E-state index in [1.807, 2.05) is 87.5 Å². The van der Waals surface area contributed by atoms with Crippen LogP contribution in [0.3, 0.4) is 0 Å². The van der Waals surface area contributed by atoms with Crippen molar-refractivity contribution in [3.63, 3.8) is 0 Å². The lowest BCUT2D eigenvalue weighted by molar-refractivity contribution is -0.114. The highest BCUT2D eigenvalue weighted by Crippen LogP contribution is 2.38. The Balaban J connectivity index is 0.000000153. The number of para-hydroxylation sites is 3. The molecule has 69 heavy (non-hydrogen) atoms. The van der Waals surface area contributed by atoms with Crippen LogP contribution in [0.5, 0.6) is 0 Å². The van der Waals surface area contributed by atoms with Crippen LogP contribution in [0.25, 0.3) is 66.1 Å². The molecule has 0 radical (unpaired) electrons. The van der Waals surface area contributed by atoms with Crippen molar-refractivity contribution in [3.05, 3.63) is 167 Å². The number of rotatable bonds is 9. The minimum Gasteiger partial charge on any atom is -0.477 e. The average molecular weight is 943 g/mol. The lowest BCUT2D eigenvalue weighted by Gasteiger charge is -2.11. The molecular weight excluding hydrogens is 897 g/mol. The first-order valence-corrected chi connectivity index (χ1v) is 22.7. The van der Waals surface area contributed by atoms with Crippen LogP contribution in [0.4, 0.5) is 5.69 Å². The summed E-state index contributed by atoms with van der Waals surface area (Å²) in [6, 6.07) is 39.6. The van der Waals surface area contributed by atoms with Crippen LogP contribution < -0.4 is 5.32 Å². The number of carboxylic acid groups (broad SMARTS) is 3. The Bertz CT molecular complexity index is 3630. The van der Waals surface area contributed by atoms with Crippen LogP contribution in [0.1, 0.15) is 60.6 Å². The summed E-state index contributed by atoms with van der Waals surface area (Å²) in [7, 11) is -0.596. The fourth-order valence-corrected chi connectivity index (χ4v) is 9.08. The molecule has 9 rings (SSSR count). The van der Waals surface area contributed by atoms with Gasteiger partial charge in [-0.15, -0.1) is 0 Å². The lowest BCUT2D eigenvalue weighted by Crippen LogP contribution is -2.22. The molecule has 16 heteroatoms. The molecule has 348 valence electrons. The number of H-pyrrole nitrogens is 3. The van der Waals surface area contributed by atoms with Gasteiger partial charge in [-0.25, -0.2) is 27.1 Å². The van der Waals surface area contributed by atoms with E-state index in [2.05, 4.69) is 26.3 Å². The Morgan fingerprint density at radius 2 is 0.942 bits per heavy atom. The number of fused-ring (bicyclic) bond motifs is 3. The number of hydrogen-bond acceptors (Lipinski definition) is 7. The summed E-state index contributed by atoms with van der Waals surface area (Å²) in [5.74, 6) is -3.24. The van der Waals surface area contributed by atoms with Gasteiger partial charge in [-0.2, -0.15) is 5.26 Å². The third-order valence-corrected chi connectivity index (χ3v) is 13.3. The predicted octanol–water partition coefficient (Wildman–Crippen LogP) is 10.6. The van der Waals surface area contributed by atoms with Gasteiger partial charge in [0.05, 0.1) is 16.5 Å². The van der Waals surface area contributed by atoms with E-state index in [-0.39, 0.29) is 27.9 Å². The van der Waals surface area contributed by atoms with Crippen molar-refractivity contribution < 1.29 is 42.9 Å². The lowest BCUT2D eigenvalue weighted by atomic mass is 9.97. The zero-order valence-corrected chi connectivity index (χ0v) is 39.0. The number of sulfonamides is 1. The van der Waals surface area contributed by atoms with E-state index >= 15 is 0 Å². The topological polar surface area (TPSA) is 250 Å². The van der Waals surface area contributed by atoms with Crippen molar-refractivity contribution in [2.45, 2.75) is 32.6 Å². The van der Waals surface area contributed by atoms with E-state index < -0.39 is 27.9 Å². The van der Waals surface area contributed by atoms with Gasteiger partial charge in [0.25, 0.3) is 0 Å². The second kappa shape index (κ2) is 19.6. The molecule has 1 amide bonds. The van der Waals surface area contributed by atoms with Gasteiger partial charge in [-0.3, -0.25) is 4.79 Å². The Morgan fingerprint density at radius 1 is 0.551 bits per heavy atom. The van der Waals surface area contributed by atoms with E-state index in [0.717, 1.165) is 59.3 Å². The fraction of sp³-hybridized carbons (Fsp3) is 0.113. The molecule has 3 heterocycles. The van der Waals surface area contributed by atoms with Crippen LogP contribution >= 0.6 is 0 Å². The van der Waals surface area contributed by atoms with Gasteiger partial charge in [-0.1, -0.05) is 97.1 Å². The molecular formula is C53H46N6O9S. The van der Waals surface area contributed by atoms with Gasteiger partial charge in [0.2, 0.25) is 15.9 Å². The molecule has 15 nitrogen and oxygen atoms in total. The zero-order chi connectivity index (χ0) is 49.9. The number of carbonyl (C=O) groups is 4. The van der Waals surface area contributed by atoms with E-state index in [1.54, 1.807) is 48.5 Å². The van der Waals surface area contributed by atoms with E-state index in [4.69, 9.17) is 0 Å². The number of aromatic nitrogens is 3. The number of nitriles is 1. The molecule has 0 aliphatic rings. The molecule has 0 aliphatic carbocycles. The first-order chi connectivity index (χ1) is 32.8. The quantitative estimate of drug-likeness (QED) is 0.0721. The predicted molar refractivity (Wildman–Crippen MR) is 266 cm³/mol. The van der Waals surface area contributed by atoms with Crippen LogP contribution in [0.15, 0.2) is 132 Å². The van der Waals surface area contributed by atoms with Crippen LogP contribution in [0.2, 0.25) is 0 Å². The molecule has 7 N–H and O–H groups in total. The van der Waals surface area contributed by atoms with Crippen molar-refractivity contribution in [2.24, 2.45) is 0 Å². The Hall–Kier alpha value is -8.78. The van der Waals surface area contributed by atoms with Crippen LogP contribution in [-0.4, -0.2) is 80.9 Å². The Kier molecular flexibility index (Phi) is 13.7. The van der Waals surface area contributed by atoms with Gasteiger partial charge in [0, 0.05) is 81.7 Å². The standard InChI is InChI=1S/C18H18N2O4S.C18H16N2O3.C17H12N2O2/c1-11-5-4-6-14-15(17(18(21)22)19-16(11)14)12-7-9-13(10-8-12)25(23,24)20(2)3;1-10-4-3-5-14-15(17(18(22)23)20-16(10)14)12-6-8-13(9-7-12)19-11(2)21;1-10-5-4-8-13-14(16(17(20)21)19-15(10)13)12-7-3-2-6-11(12)9-18/h4-10,19H,1-3H3,(H,21,22);3-9,20H,1-2H3,(H,19,21)(H,22,23);2-8,19H,1H3,(H,20,21). The second-order valence-electron chi connectivity index (χ2n) is 16.3. The molecule has 0 saturated heterocycles. The molecule has 9 aromatic rings. The molecule has 0 bridgehead atoms. The Morgan fingerprint density at radius 3 is 1.33 bits per heavy atom. The highest BCUT2D eigenvalue weighted by Gasteiger charge is 2.24. The van der Waals surface area contributed by atoms with Gasteiger partial charge in [0.1, 0.15) is 17.1 Å². The number of aryl methyl sites for hydroxylation is 3. The third kappa shape index (κ3) is 9.59. The molecule has 6 aromatic carbocycles. The largest absolute Gasteiger partial charge is 0.477 e. The van der Waals surface area contributed by atoms with Crippen molar-refractivity contribution in [3.8, 4) is 39.4 Å². The highest BCUT2D eigenvalue weighted by molar-refractivity contribution is 7.89. The number of aromatic carboxylic acids is 3. The number of hydrogen-bond donors (Lipinski definition) is 7. The Labute approximate surface area is 396 Å². The molecule has 0 spiro atoms. The number of aromatic amines is 3. The molecule has 0 unspecified atom stereocenters. The summed E-state index contributed by atoms with van der Waals surface area (Å²) in [6.07, 6.45) is 0. The van der Waals surface area contributed by atoms with Crippen molar-refractivity contribution >= 4 is 72.2 Å². The summed E-state index contributed by atoms with van der Waals surface area (Å²) in [6.45, 7) is 7.21. The smallest absolute Gasteiger partial charge is 0.352 e. The fourth-order valence-electron chi connectivity index (χ4n) is 8.18. The zero-order valence-electron chi connectivity index (χ0n) is 38.2. The van der Waals surface area contributed by atoms with Crippen molar-refractivity contribution in [1.29, 1.82) is 5.26 Å². The summed E-state index contributed by atoms with van der Waals surface area (Å²) in [5.41, 5.74) is 10.6. The van der Waals surface area contributed by atoms with Gasteiger partial charge >= 0.3 is 17.9 Å². The molecule has 0 fully saturated rings. The third-order valence-electron chi connectivity index (χ3n) is 11.5. The molecule has 0 saturated carbocycles. The number of anilines is 1. The number of carboxylic acids is 3. The van der Waals surface area contributed by atoms with E-state index in [0.29, 0.717) is 39.1 Å². The minimum atomic E-state index is -3.53. The van der Waals surface area contributed by atoms with E-state index in [9.17, 15) is 48.2 Å². The number of carbonyl (C=O) groups excluding carboxylic acids is 1. The van der Waals surface area contributed by atoms with Crippen LogP contribution in [0, 0.1) is 32.1 Å². The SMILES string of the molecule is CC(=O)Nc1ccc(-c2c(C(=O)O)[nH]c3c(C)cccc23)cc1.Cc1cccc2c(-c3ccc(S(=O)(=O)N(C)C)cc3)c(C(=O)O)[nH]c12.Cc1cccc2c(-c3ccccc3C#N)c(C(=O)O)[nH]c12. The van der Waals surface area contributed by atoms with Gasteiger partial charge in [-0.05, 0) is 78.9 Å².